The van der Waals surface area contributed by atoms with Crippen LogP contribution >= 0.6 is 22.7 Å². The van der Waals surface area contributed by atoms with E-state index in [4.69, 9.17) is 9.72 Å². The third-order valence-corrected chi connectivity index (χ3v) is 5.65. The van der Waals surface area contributed by atoms with E-state index in [1.165, 1.54) is 9.75 Å². The monoisotopic (exact) mass is 325 g/mol. The summed E-state index contributed by atoms with van der Waals surface area (Å²) in [5, 5.41) is 6.54. The number of hydrogen-bond donors (Lipinski definition) is 1. The topological polar surface area (TPSA) is 37.4 Å². The number of hydrogen-bond acceptors (Lipinski definition) is 6. The van der Waals surface area contributed by atoms with Crippen LogP contribution in [0.15, 0.2) is 17.5 Å². The van der Waals surface area contributed by atoms with E-state index >= 15 is 0 Å². The molecule has 0 aliphatic heterocycles. The number of anilines is 1. The molecule has 0 saturated carbocycles. The lowest BCUT2D eigenvalue weighted by Gasteiger charge is -2.23. The molecular formula is C15H23N3OS2. The van der Waals surface area contributed by atoms with E-state index in [0.29, 0.717) is 12.6 Å². The smallest absolute Gasteiger partial charge is 0.186 e. The summed E-state index contributed by atoms with van der Waals surface area (Å²) >= 11 is 3.54. The number of thiazole rings is 1. The van der Waals surface area contributed by atoms with Crippen LogP contribution in [0.5, 0.6) is 0 Å². The molecule has 1 unspecified atom stereocenters. The van der Waals surface area contributed by atoms with E-state index in [-0.39, 0.29) is 0 Å². The van der Waals surface area contributed by atoms with Gasteiger partial charge in [0.2, 0.25) is 0 Å². The molecule has 0 spiro atoms. The second-order valence-corrected chi connectivity index (χ2v) is 6.92. The van der Waals surface area contributed by atoms with Gasteiger partial charge in [0.1, 0.15) is 0 Å². The Hall–Kier alpha value is -0.950. The molecule has 116 valence electrons. The van der Waals surface area contributed by atoms with E-state index < -0.39 is 0 Å². The molecule has 4 nitrogen and oxygen atoms in total. The number of rotatable bonds is 8. The lowest BCUT2D eigenvalue weighted by atomic mass is 10.2. The van der Waals surface area contributed by atoms with Crippen LogP contribution < -0.4 is 10.2 Å². The van der Waals surface area contributed by atoms with E-state index in [1.807, 2.05) is 0 Å². The minimum absolute atomic E-state index is 0.332. The molecule has 0 aliphatic rings. The summed E-state index contributed by atoms with van der Waals surface area (Å²) < 4.78 is 5.27. The van der Waals surface area contributed by atoms with Crippen molar-refractivity contribution in [2.24, 2.45) is 0 Å². The van der Waals surface area contributed by atoms with E-state index in [2.05, 4.69) is 48.6 Å². The van der Waals surface area contributed by atoms with Gasteiger partial charge < -0.3 is 15.0 Å². The summed E-state index contributed by atoms with van der Waals surface area (Å²) in [6.07, 6.45) is 0. The van der Waals surface area contributed by atoms with Gasteiger partial charge in [-0.05, 0) is 24.9 Å². The average Bonchev–Trinajstić information content (AvgIpc) is 3.14. The average molecular weight is 326 g/mol. The second kappa shape index (κ2) is 7.89. The number of nitrogens with one attached hydrogen (secondary N) is 1. The lowest BCUT2D eigenvalue weighted by molar-refractivity contribution is 0.181. The number of aromatic nitrogens is 1. The third kappa shape index (κ3) is 4.03. The van der Waals surface area contributed by atoms with Gasteiger partial charge >= 0.3 is 0 Å². The zero-order chi connectivity index (χ0) is 15.2. The Labute approximate surface area is 134 Å². The van der Waals surface area contributed by atoms with E-state index in [9.17, 15) is 0 Å². The fourth-order valence-corrected chi connectivity index (χ4v) is 3.93. The third-order valence-electron chi connectivity index (χ3n) is 3.42. The number of methoxy groups -OCH3 is 1. The highest BCUT2D eigenvalue weighted by atomic mass is 32.1. The Morgan fingerprint density at radius 2 is 2.29 bits per heavy atom. The largest absolute Gasteiger partial charge is 0.378 e. The zero-order valence-corrected chi connectivity index (χ0v) is 14.7. The maximum absolute atomic E-state index is 5.27. The van der Waals surface area contributed by atoms with Crippen LogP contribution in [0.25, 0.3) is 0 Å². The van der Waals surface area contributed by atoms with Gasteiger partial charge in [-0.1, -0.05) is 13.0 Å². The maximum Gasteiger partial charge on any atom is 0.186 e. The standard InChI is InChI=1S/C15H23N3OS2/c1-5-16-9-14-12(10-19-4)17-15(21-14)18(3)11(2)13-7-6-8-20-13/h6-8,11,16H,5,9-10H2,1-4H3. The first-order valence-corrected chi connectivity index (χ1v) is 8.81. The van der Waals surface area contributed by atoms with Gasteiger partial charge in [-0.15, -0.1) is 22.7 Å². The minimum Gasteiger partial charge on any atom is -0.378 e. The molecular weight excluding hydrogens is 302 g/mol. The summed E-state index contributed by atoms with van der Waals surface area (Å²) in [4.78, 5) is 9.63. The van der Waals surface area contributed by atoms with Crippen molar-refractivity contribution < 1.29 is 4.74 Å². The van der Waals surface area contributed by atoms with Crippen LogP contribution in [-0.2, 0) is 17.9 Å². The van der Waals surface area contributed by atoms with Crippen molar-refractivity contribution in [3.63, 3.8) is 0 Å². The highest BCUT2D eigenvalue weighted by Crippen LogP contribution is 2.33. The zero-order valence-electron chi connectivity index (χ0n) is 13.0. The van der Waals surface area contributed by atoms with Gasteiger partial charge in [0, 0.05) is 30.5 Å². The summed E-state index contributed by atoms with van der Waals surface area (Å²) in [5.41, 5.74) is 1.05. The minimum atomic E-state index is 0.332. The van der Waals surface area contributed by atoms with Gasteiger partial charge in [0.25, 0.3) is 0 Å². The molecule has 21 heavy (non-hydrogen) atoms. The second-order valence-electron chi connectivity index (χ2n) is 4.88. The van der Waals surface area contributed by atoms with E-state index in [0.717, 1.165) is 23.9 Å². The van der Waals surface area contributed by atoms with E-state index in [1.54, 1.807) is 29.8 Å². The van der Waals surface area contributed by atoms with Crippen molar-refractivity contribution in [2.45, 2.75) is 33.0 Å². The fraction of sp³-hybridized carbons (Fsp3) is 0.533. The molecule has 2 heterocycles. The first kappa shape index (κ1) is 16.4. The molecule has 1 N–H and O–H groups in total. The molecule has 0 aromatic carbocycles. The highest BCUT2D eigenvalue weighted by molar-refractivity contribution is 7.15. The predicted molar refractivity (Wildman–Crippen MR) is 91.3 cm³/mol. The summed E-state index contributed by atoms with van der Waals surface area (Å²) in [7, 11) is 3.82. The van der Waals surface area contributed by atoms with Gasteiger partial charge in [0.15, 0.2) is 5.13 Å². The summed E-state index contributed by atoms with van der Waals surface area (Å²) in [6.45, 7) is 6.71. The first-order chi connectivity index (χ1) is 10.2. The van der Waals surface area contributed by atoms with Gasteiger partial charge in [0.05, 0.1) is 18.3 Å². The van der Waals surface area contributed by atoms with Gasteiger partial charge in [-0.3, -0.25) is 0 Å². The van der Waals surface area contributed by atoms with Crippen LogP contribution in [0.1, 0.15) is 35.3 Å². The SMILES string of the molecule is CCNCc1sc(N(C)C(C)c2cccs2)nc1COC. The van der Waals surface area contributed by atoms with Gasteiger partial charge in [-0.2, -0.15) is 0 Å². The van der Waals surface area contributed by atoms with Crippen molar-refractivity contribution in [1.82, 2.24) is 10.3 Å². The summed E-state index contributed by atoms with van der Waals surface area (Å²) in [6, 6.07) is 4.60. The fourth-order valence-electron chi connectivity index (χ4n) is 2.03. The molecule has 0 saturated heterocycles. The van der Waals surface area contributed by atoms with Gasteiger partial charge in [-0.25, -0.2) is 4.98 Å². The van der Waals surface area contributed by atoms with Crippen LogP contribution in [0.3, 0.4) is 0 Å². The first-order valence-electron chi connectivity index (χ1n) is 7.11. The van der Waals surface area contributed by atoms with Crippen molar-refractivity contribution in [3.05, 3.63) is 33.0 Å². The van der Waals surface area contributed by atoms with Crippen molar-refractivity contribution in [1.29, 1.82) is 0 Å². The quantitative estimate of drug-likeness (QED) is 0.804. The predicted octanol–water partition coefficient (Wildman–Crippen LogP) is 3.66. The van der Waals surface area contributed by atoms with Crippen molar-refractivity contribution >= 4 is 27.8 Å². The molecule has 0 bridgehead atoms. The number of ether oxygens (including phenoxy) is 1. The Balaban J connectivity index is 2.18. The van der Waals surface area contributed by atoms with Crippen LogP contribution in [0, 0.1) is 0 Å². The number of nitrogens with zero attached hydrogens (tertiary/aromatic N) is 2. The molecule has 0 radical (unpaired) electrons. The van der Waals surface area contributed by atoms with Crippen LogP contribution in [0.4, 0.5) is 5.13 Å². The molecule has 0 amide bonds. The highest BCUT2D eigenvalue weighted by Gasteiger charge is 2.19. The normalized spacial score (nSPS) is 12.6. The van der Waals surface area contributed by atoms with Crippen LogP contribution in [0.2, 0.25) is 0 Å². The molecule has 2 aromatic heterocycles. The molecule has 6 heteroatoms. The Bertz CT molecular complexity index is 539. The lowest BCUT2D eigenvalue weighted by Crippen LogP contribution is -2.20. The maximum atomic E-state index is 5.27. The van der Waals surface area contributed by atoms with Crippen molar-refractivity contribution in [3.8, 4) is 0 Å². The Morgan fingerprint density at radius 1 is 1.48 bits per heavy atom. The van der Waals surface area contributed by atoms with Crippen molar-refractivity contribution in [2.75, 3.05) is 25.6 Å². The molecule has 1 atom stereocenters. The molecule has 0 aliphatic carbocycles. The number of thiophene rings is 1. The molecule has 0 fully saturated rings. The molecule has 2 rings (SSSR count). The Morgan fingerprint density at radius 3 is 2.90 bits per heavy atom. The molecule has 2 aromatic rings. The summed E-state index contributed by atoms with van der Waals surface area (Å²) in [5.74, 6) is 0. The Kier molecular flexibility index (Phi) is 6.17. The van der Waals surface area contributed by atoms with Crippen LogP contribution in [-0.4, -0.2) is 25.7 Å².